The van der Waals surface area contributed by atoms with Crippen LogP contribution in [0.3, 0.4) is 0 Å². The van der Waals surface area contributed by atoms with Crippen molar-refractivity contribution in [3.63, 3.8) is 0 Å². The fourth-order valence-electron chi connectivity index (χ4n) is 4.06. The summed E-state index contributed by atoms with van der Waals surface area (Å²) in [5.74, 6) is 1.66. The summed E-state index contributed by atoms with van der Waals surface area (Å²) in [5, 5.41) is 0. The molecule has 2 aliphatic rings. The largest absolute Gasteiger partial charge is 0.497 e. The number of amides is 2. The molecule has 1 aromatic rings. The van der Waals surface area contributed by atoms with Crippen LogP contribution in [0.2, 0.25) is 0 Å². The van der Waals surface area contributed by atoms with Crippen LogP contribution in [0.15, 0.2) is 36.9 Å². The Morgan fingerprint density at radius 2 is 1.73 bits per heavy atom. The molecule has 0 N–H and O–H groups in total. The Kier molecular flexibility index (Phi) is 5.96. The first-order valence-electron chi connectivity index (χ1n) is 9.46. The van der Waals surface area contributed by atoms with Gasteiger partial charge in [-0.05, 0) is 55.4 Å². The molecule has 2 fully saturated rings. The molecule has 0 aromatic heterocycles. The zero-order valence-corrected chi connectivity index (χ0v) is 15.5. The normalized spacial score (nSPS) is 19.3. The number of ether oxygens (including phenoxy) is 1. The van der Waals surface area contributed by atoms with Crippen molar-refractivity contribution in [2.75, 3.05) is 33.3 Å². The summed E-state index contributed by atoms with van der Waals surface area (Å²) in [4.78, 5) is 28.3. The third-order valence-corrected chi connectivity index (χ3v) is 5.70. The third kappa shape index (κ3) is 4.09. The van der Waals surface area contributed by atoms with E-state index < -0.39 is 0 Å². The predicted octanol–water partition coefficient (Wildman–Crippen LogP) is 2.83. The molecular weight excluding hydrogens is 328 g/mol. The number of nitrogens with zero attached hydrogens (tertiary/aromatic N) is 2. The number of benzene rings is 1. The molecule has 26 heavy (non-hydrogen) atoms. The van der Waals surface area contributed by atoms with Crippen molar-refractivity contribution in [3.8, 4) is 5.75 Å². The van der Waals surface area contributed by atoms with E-state index in [9.17, 15) is 9.59 Å². The molecule has 5 nitrogen and oxygen atoms in total. The Hall–Kier alpha value is -2.30. The lowest BCUT2D eigenvalue weighted by Crippen LogP contribution is -2.46. The number of piperidine rings is 2. The lowest BCUT2D eigenvalue weighted by Gasteiger charge is -2.37. The van der Waals surface area contributed by atoms with Gasteiger partial charge in [-0.1, -0.05) is 18.7 Å². The summed E-state index contributed by atoms with van der Waals surface area (Å²) in [6, 6.07) is 8.25. The van der Waals surface area contributed by atoms with Crippen LogP contribution in [-0.2, 0) is 9.59 Å². The highest BCUT2D eigenvalue weighted by molar-refractivity contribution is 5.87. The number of likely N-dealkylation sites (tertiary alicyclic amines) is 2. The summed E-state index contributed by atoms with van der Waals surface area (Å²) in [6.45, 7) is 6.46. The van der Waals surface area contributed by atoms with Gasteiger partial charge in [-0.25, -0.2) is 0 Å². The minimum absolute atomic E-state index is 0.0324. The number of hydrogen-bond donors (Lipinski definition) is 0. The monoisotopic (exact) mass is 356 g/mol. The Morgan fingerprint density at radius 3 is 2.35 bits per heavy atom. The van der Waals surface area contributed by atoms with Gasteiger partial charge >= 0.3 is 0 Å². The smallest absolute Gasteiger partial charge is 0.245 e. The van der Waals surface area contributed by atoms with E-state index in [0.717, 1.165) is 44.5 Å². The van der Waals surface area contributed by atoms with Crippen molar-refractivity contribution >= 4 is 11.8 Å². The molecule has 0 spiro atoms. The van der Waals surface area contributed by atoms with Gasteiger partial charge in [-0.15, -0.1) is 0 Å². The molecule has 0 radical (unpaired) electrons. The number of hydrogen-bond acceptors (Lipinski definition) is 3. The summed E-state index contributed by atoms with van der Waals surface area (Å²) in [6.07, 6.45) is 4.85. The van der Waals surface area contributed by atoms with Crippen molar-refractivity contribution in [3.05, 3.63) is 42.5 Å². The van der Waals surface area contributed by atoms with Crippen LogP contribution in [0.25, 0.3) is 0 Å². The first-order valence-corrected chi connectivity index (χ1v) is 9.46. The fraction of sp³-hybridized carbons (Fsp3) is 0.524. The highest BCUT2D eigenvalue weighted by Crippen LogP contribution is 2.31. The second-order valence-corrected chi connectivity index (χ2v) is 7.18. The lowest BCUT2D eigenvalue weighted by molar-refractivity contribution is -0.140. The van der Waals surface area contributed by atoms with Crippen LogP contribution in [0.4, 0.5) is 0 Å². The van der Waals surface area contributed by atoms with Gasteiger partial charge in [0.1, 0.15) is 5.75 Å². The zero-order valence-electron chi connectivity index (χ0n) is 15.5. The third-order valence-electron chi connectivity index (χ3n) is 5.70. The molecule has 2 amide bonds. The van der Waals surface area contributed by atoms with Crippen molar-refractivity contribution < 1.29 is 14.3 Å². The highest BCUT2D eigenvalue weighted by atomic mass is 16.5. The van der Waals surface area contributed by atoms with Gasteiger partial charge in [0.15, 0.2) is 0 Å². The maximum atomic E-state index is 12.8. The van der Waals surface area contributed by atoms with Gasteiger partial charge in [0.2, 0.25) is 11.8 Å². The molecule has 140 valence electrons. The number of rotatable bonds is 4. The summed E-state index contributed by atoms with van der Waals surface area (Å²) >= 11 is 0. The minimum atomic E-state index is -0.0324. The van der Waals surface area contributed by atoms with Gasteiger partial charge < -0.3 is 14.5 Å². The molecule has 0 aliphatic carbocycles. The van der Waals surface area contributed by atoms with E-state index in [1.807, 2.05) is 17.0 Å². The van der Waals surface area contributed by atoms with E-state index in [4.69, 9.17) is 4.74 Å². The minimum Gasteiger partial charge on any atom is -0.497 e. The average molecular weight is 356 g/mol. The molecule has 2 heterocycles. The van der Waals surface area contributed by atoms with Gasteiger partial charge in [0.25, 0.3) is 0 Å². The van der Waals surface area contributed by atoms with Crippen LogP contribution in [0.5, 0.6) is 5.75 Å². The summed E-state index contributed by atoms with van der Waals surface area (Å²) < 4.78 is 5.32. The maximum absolute atomic E-state index is 12.8. The second-order valence-electron chi connectivity index (χ2n) is 7.18. The Labute approximate surface area is 155 Å². The van der Waals surface area contributed by atoms with Gasteiger partial charge in [0, 0.05) is 32.1 Å². The number of carbonyl (C=O) groups excluding carboxylic acids is 2. The molecule has 5 heteroatoms. The average Bonchev–Trinajstić information content (AvgIpc) is 2.73. The highest BCUT2D eigenvalue weighted by Gasteiger charge is 2.31. The SMILES string of the molecule is C=CC(=O)N1CCC(C(=O)N2CCC(c3cccc(OC)c3)CC2)CC1. The molecule has 2 saturated heterocycles. The Bertz CT molecular complexity index is 657. The topological polar surface area (TPSA) is 49.9 Å². The lowest BCUT2D eigenvalue weighted by atomic mass is 9.88. The van der Waals surface area contributed by atoms with E-state index in [2.05, 4.69) is 18.7 Å². The summed E-state index contributed by atoms with van der Waals surface area (Å²) in [5.41, 5.74) is 1.30. The fourth-order valence-corrected chi connectivity index (χ4v) is 4.06. The molecule has 1 aromatic carbocycles. The molecule has 0 unspecified atom stereocenters. The summed E-state index contributed by atoms with van der Waals surface area (Å²) in [7, 11) is 1.69. The van der Waals surface area contributed by atoms with E-state index in [0.29, 0.717) is 19.0 Å². The Morgan fingerprint density at radius 1 is 1.08 bits per heavy atom. The van der Waals surface area contributed by atoms with Crippen LogP contribution < -0.4 is 4.74 Å². The first-order chi connectivity index (χ1) is 12.6. The second kappa shape index (κ2) is 8.39. The van der Waals surface area contributed by atoms with E-state index in [-0.39, 0.29) is 17.7 Å². The first kappa shape index (κ1) is 18.5. The van der Waals surface area contributed by atoms with Crippen molar-refractivity contribution in [2.45, 2.75) is 31.6 Å². The predicted molar refractivity (Wildman–Crippen MR) is 101 cm³/mol. The van der Waals surface area contributed by atoms with E-state index in [1.54, 1.807) is 12.0 Å². The quantitative estimate of drug-likeness (QED) is 0.780. The molecule has 0 bridgehead atoms. The van der Waals surface area contributed by atoms with Crippen molar-refractivity contribution in [2.24, 2.45) is 5.92 Å². The molecular formula is C21H28N2O3. The van der Waals surface area contributed by atoms with Crippen molar-refractivity contribution in [1.29, 1.82) is 0 Å². The van der Waals surface area contributed by atoms with E-state index in [1.165, 1.54) is 11.6 Å². The van der Waals surface area contributed by atoms with Crippen molar-refractivity contribution in [1.82, 2.24) is 9.80 Å². The van der Waals surface area contributed by atoms with Gasteiger partial charge in [-0.2, -0.15) is 0 Å². The van der Waals surface area contributed by atoms with Crippen LogP contribution >= 0.6 is 0 Å². The van der Waals surface area contributed by atoms with Gasteiger partial charge in [-0.3, -0.25) is 9.59 Å². The van der Waals surface area contributed by atoms with Crippen LogP contribution in [0.1, 0.15) is 37.2 Å². The zero-order chi connectivity index (χ0) is 18.5. The molecule has 0 atom stereocenters. The molecule has 0 saturated carbocycles. The molecule has 3 rings (SSSR count). The van der Waals surface area contributed by atoms with E-state index >= 15 is 0 Å². The van der Waals surface area contributed by atoms with Crippen LogP contribution in [0, 0.1) is 5.92 Å². The molecule has 2 aliphatic heterocycles. The Balaban J connectivity index is 1.51. The standard InChI is InChI=1S/C21H28N2O3/c1-3-20(24)22-11-9-17(10-12-22)21(25)23-13-7-16(8-14-23)18-5-4-6-19(15-18)26-2/h3-6,15-17H,1,7-14H2,2H3. The number of carbonyl (C=O) groups is 2. The van der Waals surface area contributed by atoms with Gasteiger partial charge in [0.05, 0.1) is 7.11 Å². The number of methoxy groups -OCH3 is 1. The van der Waals surface area contributed by atoms with Crippen LogP contribution in [-0.4, -0.2) is 54.9 Å². The maximum Gasteiger partial charge on any atom is 0.245 e.